The fraction of sp³-hybridized carbons (Fsp3) is 0.545. The number of likely N-dealkylation sites (N-methyl/N-ethyl adjacent to an activating group) is 1. The van der Waals surface area contributed by atoms with Crippen LogP contribution in [0.3, 0.4) is 0 Å². The van der Waals surface area contributed by atoms with Crippen LogP contribution in [-0.4, -0.2) is 102 Å². The minimum atomic E-state index is -5.08. The predicted molar refractivity (Wildman–Crippen MR) is 120 cm³/mol. The number of likely N-dealkylation sites (tertiary alicyclic amines) is 2. The van der Waals surface area contributed by atoms with Crippen molar-refractivity contribution in [2.75, 3.05) is 20.1 Å². The first-order valence-corrected chi connectivity index (χ1v) is 11.4. The summed E-state index contributed by atoms with van der Waals surface area (Å²) in [6.07, 6.45) is -4.70. The summed E-state index contributed by atoms with van der Waals surface area (Å²) in [5.74, 6) is -4.94. The van der Waals surface area contributed by atoms with Gasteiger partial charge in [-0.25, -0.2) is 19.6 Å². The number of carboxylic acid groups (broad SMARTS) is 2. The normalized spacial score (nSPS) is 21.1. The number of piperidine rings is 1. The topological polar surface area (TPSA) is 142 Å². The fourth-order valence-corrected chi connectivity index (χ4v) is 4.33. The Balaban J connectivity index is 0.000000317. The van der Waals surface area contributed by atoms with Crippen molar-refractivity contribution < 1.29 is 50.9 Å². The highest BCUT2D eigenvalue weighted by molar-refractivity contribution is 5.92. The summed E-state index contributed by atoms with van der Waals surface area (Å²) < 4.78 is 65.4. The highest BCUT2D eigenvalue weighted by Gasteiger charge is 2.43. The Morgan fingerprint density at radius 1 is 1.05 bits per heavy atom. The molecular formula is C22H26F6N6O5. The SMILES string of the molecule is Cc1cccc(C(=O)N2CC[C@H]3[C@H](C[C@@H](Cn4cncn4)N3C)C2)n1.O=C(O)C(F)(F)F.O=C(O)C(F)(F)F. The number of rotatable bonds is 3. The third-order valence-corrected chi connectivity index (χ3v) is 6.11. The second-order valence-electron chi connectivity index (χ2n) is 8.81. The van der Waals surface area contributed by atoms with Crippen LogP contribution >= 0.6 is 0 Å². The second-order valence-corrected chi connectivity index (χ2v) is 8.81. The van der Waals surface area contributed by atoms with E-state index in [4.69, 9.17) is 19.8 Å². The number of carbonyl (C=O) groups is 3. The van der Waals surface area contributed by atoms with Crippen LogP contribution in [0.25, 0.3) is 0 Å². The van der Waals surface area contributed by atoms with Crippen molar-refractivity contribution in [2.24, 2.45) is 5.92 Å². The molecule has 4 heterocycles. The Morgan fingerprint density at radius 3 is 2.13 bits per heavy atom. The largest absolute Gasteiger partial charge is 0.490 e. The lowest BCUT2D eigenvalue weighted by Crippen LogP contribution is -2.48. The van der Waals surface area contributed by atoms with Crippen LogP contribution in [0.2, 0.25) is 0 Å². The summed E-state index contributed by atoms with van der Waals surface area (Å²) >= 11 is 0. The molecule has 0 unspecified atom stereocenters. The number of aliphatic carboxylic acids is 2. The number of carbonyl (C=O) groups excluding carboxylic acids is 1. The molecule has 0 aliphatic carbocycles. The van der Waals surface area contributed by atoms with Gasteiger partial charge in [-0.2, -0.15) is 31.4 Å². The van der Waals surface area contributed by atoms with Gasteiger partial charge >= 0.3 is 24.3 Å². The van der Waals surface area contributed by atoms with Crippen LogP contribution in [-0.2, 0) is 16.1 Å². The fourth-order valence-electron chi connectivity index (χ4n) is 4.33. The number of halogens is 6. The summed E-state index contributed by atoms with van der Waals surface area (Å²) in [5.41, 5.74) is 1.44. The quantitative estimate of drug-likeness (QED) is 0.534. The summed E-state index contributed by atoms with van der Waals surface area (Å²) in [6, 6.07) is 6.63. The smallest absolute Gasteiger partial charge is 0.475 e. The number of aryl methyl sites for hydroxylation is 1. The van der Waals surface area contributed by atoms with Gasteiger partial charge < -0.3 is 15.1 Å². The number of pyridine rings is 1. The molecule has 2 aromatic rings. The third kappa shape index (κ3) is 9.19. The summed E-state index contributed by atoms with van der Waals surface area (Å²) in [4.78, 5) is 43.5. The van der Waals surface area contributed by atoms with E-state index in [1.807, 2.05) is 34.7 Å². The summed E-state index contributed by atoms with van der Waals surface area (Å²) in [5, 5.41) is 18.5. The minimum Gasteiger partial charge on any atom is -0.475 e. The maximum absolute atomic E-state index is 12.8. The lowest BCUT2D eigenvalue weighted by Gasteiger charge is -2.37. The molecule has 0 aromatic carbocycles. The average molecular weight is 568 g/mol. The van der Waals surface area contributed by atoms with Crippen molar-refractivity contribution in [3.63, 3.8) is 0 Å². The van der Waals surface area contributed by atoms with Gasteiger partial charge in [0.2, 0.25) is 0 Å². The van der Waals surface area contributed by atoms with E-state index in [1.165, 1.54) is 0 Å². The Kier molecular flexibility index (Phi) is 10.4. The van der Waals surface area contributed by atoms with Crippen LogP contribution in [0, 0.1) is 12.8 Å². The molecule has 11 nitrogen and oxygen atoms in total. The van der Waals surface area contributed by atoms with Crippen molar-refractivity contribution in [3.05, 3.63) is 42.2 Å². The van der Waals surface area contributed by atoms with Crippen molar-refractivity contribution in [1.82, 2.24) is 29.5 Å². The van der Waals surface area contributed by atoms with E-state index in [-0.39, 0.29) is 5.91 Å². The second kappa shape index (κ2) is 12.9. The maximum Gasteiger partial charge on any atom is 0.490 e. The summed E-state index contributed by atoms with van der Waals surface area (Å²) in [7, 11) is 2.20. The number of alkyl halides is 6. The van der Waals surface area contributed by atoms with Crippen LogP contribution < -0.4 is 0 Å². The lowest BCUT2D eigenvalue weighted by molar-refractivity contribution is -0.193. The molecular weight excluding hydrogens is 542 g/mol. The number of nitrogens with zero attached hydrogens (tertiary/aromatic N) is 6. The molecule has 0 spiro atoms. The highest BCUT2D eigenvalue weighted by Crippen LogP contribution is 2.35. The molecule has 3 atom stereocenters. The molecule has 17 heteroatoms. The minimum absolute atomic E-state index is 0.0597. The van der Waals surface area contributed by atoms with Gasteiger partial charge in [0.25, 0.3) is 5.91 Å². The zero-order valence-electron chi connectivity index (χ0n) is 20.7. The van der Waals surface area contributed by atoms with Crippen LogP contribution in [0.5, 0.6) is 0 Å². The first kappa shape index (κ1) is 31.5. The summed E-state index contributed by atoms with van der Waals surface area (Å²) in [6.45, 7) is 4.40. The Morgan fingerprint density at radius 2 is 1.64 bits per heavy atom. The van der Waals surface area contributed by atoms with Crippen LogP contribution in [0.1, 0.15) is 29.0 Å². The van der Waals surface area contributed by atoms with Gasteiger partial charge in [-0.1, -0.05) is 6.07 Å². The number of carboxylic acids is 2. The maximum atomic E-state index is 12.8. The van der Waals surface area contributed by atoms with Crippen molar-refractivity contribution >= 4 is 17.8 Å². The standard InChI is InChI=1S/C18H24N6O.2C2HF3O2/c1-13-4-3-5-16(21-13)18(25)23-7-6-17-14(9-23)8-15(22(17)2)10-24-12-19-11-20-24;2*3-2(4,5)1(6)7/h3-5,11-12,14-15,17H,6-10H2,1-2H3;2*(H,6,7)/t14-,15+,17+;;/m1../s1. The monoisotopic (exact) mass is 568 g/mol. The zero-order chi connectivity index (χ0) is 29.5. The molecule has 2 saturated heterocycles. The molecule has 216 valence electrons. The average Bonchev–Trinajstić information content (AvgIpc) is 3.46. The van der Waals surface area contributed by atoms with Gasteiger partial charge in [0.1, 0.15) is 18.3 Å². The van der Waals surface area contributed by atoms with E-state index in [0.717, 1.165) is 38.2 Å². The number of hydrogen-bond acceptors (Lipinski definition) is 7. The van der Waals surface area contributed by atoms with Crippen LogP contribution in [0.15, 0.2) is 30.9 Å². The Hall–Kier alpha value is -3.76. The first-order chi connectivity index (χ1) is 18.0. The molecule has 0 bridgehead atoms. The van der Waals surface area contributed by atoms with Gasteiger partial charge in [-0.3, -0.25) is 14.4 Å². The Bertz CT molecular complexity index is 1100. The molecule has 39 heavy (non-hydrogen) atoms. The van der Waals surface area contributed by atoms with E-state index >= 15 is 0 Å². The zero-order valence-corrected chi connectivity index (χ0v) is 20.7. The van der Waals surface area contributed by atoms with E-state index in [9.17, 15) is 31.1 Å². The molecule has 2 aliphatic heterocycles. The van der Waals surface area contributed by atoms with Gasteiger partial charge in [-0.15, -0.1) is 0 Å². The predicted octanol–water partition coefficient (Wildman–Crippen LogP) is 2.48. The van der Waals surface area contributed by atoms with Gasteiger partial charge in [0.05, 0.1) is 6.54 Å². The third-order valence-electron chi connectivity index (χ3n) is 6.11. The Labute approximate surface area is 218 Å². The molecule has 2 aromatic heterocycles. The molecule has 0 saturated carbocycles. The van der Waals surface area contributed by atoms with Gasteiger partial charge in [0, 0.05) is 30.9 Å². The van der Waals surface area contributed by atoms with E-state index in [1.54, 1.807) is 12.7 Å². The van der Waals surface area contributed by atoms with Crippen molar-refractivity contribution in [1.29, 1.82) is 0 Å². The van der Waals surface area contributed by atoms with Crippen LogP contribution in [0.4, 0.5) is 26.3 Å². The molecule has 2 N–H and O–H groups in total. The number of aromatic nitrogens is 4. The van der Waals surface area contributed by atoms with Crippen molar-refractivity contribution in [2.45, 2.75) is 50.7 Å². The molecule has 2 aliphatic rings. The highest BCUT2D eigenvalue weighted by atomic mass is 19.4. The van der Waals surface area contributed by atoms with E-state index in [0.29, 0.717) is 23.7 Å². The molecule has 4 rings (SSSR count). The lowest BCUT2D eigenvalue weighted by atomic mass is 9.92. The van der Waals surface area contributed by atoms with Gasteiger partial charge in [-0.05, 0) is 44.9 Å². The van der Waals surface area contributed by atoms with E-state index < -0.39 is 24.3 Å². The van der Waals surface area contributed by atoms with Gasteiger partial charge in [0.15, 0.2) is 0 Å². The molecule has 2 fully saturated rings. The first-order valence-electron chi connectivity index (χ1n) is 11.4. The number of hydrogen-bond donors (Lipinski definition) is 2. The van der Waals surface area contributed by atoms with E-state index in [2.05, 4.69) is 27.0 Å². The number of fused-ring (bicyclic) bond motifs is 1. The molecule has 0 radical (unpaired) electrons. The molecule has 1 amide bonds. The van der Waals surface area contributed by atoms with Crippen molar-refractivity contribution in [3.8, 4) is 0 Å². The number of amides is 1.